The Morgan fingerprint density at radius 2 is 0.714 bits per heavy atom. The summed E-state index contributed by atoms with van der Waals surface area (Å²) in [4.78, 5) is 4.80. The first-order chi connectivity index (χ1) is 44.1. The molecule has 0 aliphatic heterocycles. The number of rotatable bonds is 7. The van der Waals surface area contributed by atoms with Crippen LogP contribution >= 0.6 is 0 Å². The van der Waals surface area contributed by atoms with Crippen molar-refractivity contribution in [2.24, 2.45) is 0 Å². The van der Waals surface area contributed by atoms with Gasteiger partial charge in [-0.05, 0) is 232 Å². The second-order valence-corrected chi connectivity index (χ2v) is 27.8. The minimum atomic E-state index is -0.179. The van der Waals surface area contributed by atoms with Gasteiger partial charge in [0.1, 0.15) is 11.2 Å². The summed E-state index contributed by atoms with van der Waals surface area (Å²) in [7, 11) is 0. The fourth-order valence-corrected chi connectivity index (χ4v) is 15.7. The normalized spacial score (nSPS) is 13.9. The number of para-hydroxylation sites is 4. The highest BCUT2D eigenvalue weighted by Crippen LogP contribution is 2.55. The van der Waals surface area contributed by atoms with E-state index in [0.717, 1.165) is 94.7 Å². The van der Waals surface area contributed by atoms with Gasteiger partial charge in [-0.1, -0.05) is 188 Å². The SMILES string of the molecule is Cc1cccc2c1oc1c(N(c3ccc(-c4cc(N(c5ccccc5)c5ccc6cc7c(cc6c5)C(C)(C)c5cc6ccccc6cc5-7)c5oc6c(C(C)(C)C)cccc6c5c4)cc3)c3ccc4cc5c(cc4c3)C(C)(C)c3cc4ccccc4cc3-5)cccc12. The molecule has 2 aliphatic rings. The highest BCUT2D eigenvalue weighted by Gasteiger charge is 2.38. The van der Waals surface area contributed by atoms with Gasteiger partial charge in [-0.2, -0.15) is 0 Å². The maximum atomic E-state index is 7.35. The van der Waals surface area contributed by atoms with Crippen molar-refractivity contribution in [1.29, 1.82) is 0 Å². The monoisotopic (exact) mass is 1170 g/mol. The maximum absolute atomic E-state index is 7.35. The summed E-state index contributed by atoms with van der Waals surface area (Å²) < 4.78 is 14.4. The van der Waals surface area contributed by atoms with E-state index in [1.807, 2.05) is 0 Å². The molecule has 0 saturated carbocycles. The molecule has 0 unspecified atom stereocenters. The molecule has 0 amide bonds. The van der Waals surface area contributed by atoms with Gasteiger partial charge < -0.3 is 18.6 Å². The fraction of sp³-hybridized carbons (Fsp3) is 0.126. The van der Waals surface area contributed by atoms with Crippen LogP contribution in [0.15, 0.2) is 264 Å². The van der Waals surface area contributed by atoms with E-state index in [1.165, 1.54) is 93.2 Å². The van der Waals surface area contributed by atoms with Crippen LogP contribution in [0.25, 0.3) is 120 Å². The van der Waals surface area contributed by atoms with Crippen molar-refractivity contribution in [1.82, 2.24) is 0 Å². The van der Waals surface area contributed by atoms with Crippen LogP contribution in [-0.2, 0) is 16.2 Å². The lowest BCUT2D eigenvalue weighted by Gasteiger charge is -2.27. The number of hydrogen-bond donors (Lipinski definition) is 0. The number of nitrogens with zero attached hydrogens (tertiary/aromatic N) is 2. The van der Waals surface area contributed by atoms with E-state index in [4.69, 9.17) is 8.83 Å². The minimum absolute atomic E-state index is 0.162. The number of benzene rings is 14. The molecule has 14 aromatic carbocycles. The lowest BCUT2D eigenvalue weighted by Crippen LogP contribution is -2.15. The third kappa shape index (κ3) is 8.01. The first-order valence-electron chi connectivity index (χ1n) is 32.0. The molecule has 2 aromatic heterocycles. The fourth-order valence-electron chi connectivity index (χ4n) is 15.7. The Bertz CT molecular complexity index is 5770. The molecule has 0 spiro atoms. The Balaban J connectivity index is 0.807. The van der Waals surface area contributed by atoms with Gasteiger partial charge in [0.15, 0.2) is 11.2 Å². The van der Waals surface area contributed by atoms with Gasteiger partial charge in [-0.3, -0.25) is 0 Å². The molecule has 2 aliphatic carbocycles. The molecular weight excluding hydrogens is 1100 g/mol. The zero-order valence-corrected chi connectivity index (χ0v) is 52.5. The number of anilines is 6. The molecule has 0 radical (unpaired) electrons. The number of hydrogen-bond acceptors (Lipinski definition) is 4. The summed E-state index contributed by atoms with van der Waals surface area (Å²) in [6.07, 6.45) is 0. The molecule has 0 bridgehead atoms. The number of fused-ring (bicyclic) bond motifs is 16. The van der Waals surface area contributed by atoms with Crippen LogP contribution in [0.3, 0.4) is 0 Å². The van der Waals surface area contributed by atoms with Gasteiger partial charge in [0.05, 0.1) is 11.4 Å². The van der Waals surface area contributed by atoms with Crippen LogP contribution in [0, 0.1) is 6.92 Å². The molecule has 0 fully saturated rings. The Kier molecular flexibility index (Phi) is 11.2. The van der Waals surface area contributed by atoms with Crippen molar-refractivity contribution in [3.05, 3.63) is 288 Å². The van der Waals surface area contributed by atoms with Crippen molar-refractivity contribution >= 4 is 121 Å². The number of furan rings is 2. The van der Waals surface area contributed by atoms with Gasteiger partial charge in [0, 0.05) is 60.7 Å². The molecule has 4 nitrogen and oxygen atoms in total. The van der Waals surface area contributed by atoms with E-state index in [2.05, 4.69) is 320 Å². The van der Waals surface area contributed by atoms with Crippen LogP contribution in [0.4, 0.5) is 34.1 Å². The quantitative estimate of drug-likeness (QED) is 0.159. The molecule has 2 heterocycles. The van der Waals surface area contributed by atoms with Crippen molar-refractivity contribution < 1.29 is 8.83 Å². The van der Waals surface area contributed by atoms with Crippen molar-refractivity contribution in [3.63, 3.8) is 0 Å². The molecular formula is C87H66N2O2. The predicted molar refractivity (Wildman–Crippen MR) is 384 cm³/mol. The van der Waals surface area contributed by atoms with Crippen LogP contribution in [0.1, 0.15) is 81.8 Å². The second-order valence-electron chi connectivity index (χ2n) is 27.8. The standard InChI is InChI=1S/C87H66N2O2/c1-51-19-16-26-66-67-28-18-30-79(83(67)90-81(51)66)88(64-37-33-57-43-71-69-41-53-20-12-14-22-55(53)46-75(69)86(5,6)77(71)48-59(57)39-64)63-35-31-52(32-36-63)61-45-73-68-27-17-29-74(85(2,3)4)82(68)91-84(73)80(50-61)89(62-24-10-9-11-25-62)65-38-34-58-44-72-70-42-54-21-13-15-23-56(54)47-76(70)87(7,8)78(72)49-60(58)40-65/h9-50H,1-8H3. The highest BCUT2D eigenvalue weighted by atomic mass is 16.3. The number of aryl methyl sites for hydroxylation is 1. The third-order valence-corrected chi connectivity index (χ3v) is 20.5. The van der Waals surface area contributed by atoms with Crippen LogP contribution in [-0.4, -0.2) is 0 Å². The van der Waals surface area contributed by atoms with E-state index in [-0.39, 0.29) is 16.2 Å². The summed E-state index contributed by atoms with van der Waals surface area (Å²) in [6, 6.07) is 95.2. The lowest BCUT2D eigenvalue weighted by molar-refractivity contribution is 0.573. The van der Waals surface area contributed by atoms with Gasteiger partial charge in [-0.25, -0.2) is 0 Å². The maximum Gasteiger partial charge on any atom is 0.159 e. The topological polar surface area (TPSA) is 32.8 Å². The first-order valence-corrected chi connectivity index (χ1v) is 32.0. The van der Waals surface area contributed by atoms with Crippen molar-refractivity contribution in [2.45, 2.75) is 71.6 Å². The molecule has 0 N–H and O–H groups in total. The predicted octanol–water partition coefficient (Wildman–Crippen LogP) is 24.9. The third-order valence-electron chi connectivity index (χ3n) is 20.5. The Morgan fingerprint density at radius 3 is 1.26 bits per heavy atom. The molecule has 18 rings (SSSR count). The van der Waals surface area contributed by atoms with Crippen LogP contribution < -0.4 is 9.80 Å². The Hall–Kier alpha value is -10.7. The average molecular weight is 1170 g/mol. The largest absolute Gasteiger partial charge is 0.454 e. The van der Waals surface area contributed by atoms with E-state index in [1.54, 1.807) is 0 Å². The molecule has 16 aromatic rings. The van der Waals surface area contributed by atoms with Gasteiger partial charge >= 0.3 is 0 Å². The summed E-state index contributed by atoms with van der Waals surface area (Å²) in [5.41, 5.74) is 24.3. The second kappa shape index (κ2) is 19.2. The lowest BCUT2D eigenvalue weighted by atomic mass is 9.81. The highest BCUT2D eigenvalue weighted by molar-refractivity contribution is 6.14. The van der Waals surface area contributed by atoms with Crippen molar-refractivity contribution in [3.8, 4) is 33.4 Å². The van der Waals surface area contributed by atoms with E-state index >= 15 is 0 Å². The summed E-state index contributed by atoms with van der Waals surface area (Å²) >= 11 is 0. The smallest absolute Gasteiger partial charge is 0.159 e. The average Bonchev–Trinajstić information content (AvgIpc) is 1.60. The molecule has 0 atom stereocenters. The van der Waals surface area contributed by atoms with Gasteiger partial charge in [0.25, 0.3) is 0 Å². The van der Waals surface area contributed by atoms with Crippen LogP contribution in [0.2, 0.25) is 0 Å². The minimum Gasteiger partial charge on any atom is -0.454 e. The van der Waals surface area contributed by atoms with Crippen LogP contribution in [0.5, 0.6) is 0 Å². The molecule has 436 valence electrons. The Labute approximate surface area is 529 Å². The molecule has 4 heteroatoms. The van der Waals surface area contributed by atoms with E-state index < -0.39 is 0 Å². The summed E-state index contributed by atoms with van der Waals surface area (Å²) in [5.74, 6) is 0. The van der Waals surface area contributed by atoms with Gasteiger partial charge in [-0.15, -0.1) is 0 Å². The molecule has 0 saturated heterocycles. The summed E-state index contributed by atoms with van der Waals surface area (Å²) in [5, 5.41) is 14.3. The van der Waals surface area contributed by atoms with E-state index in [9.17, 15) is 0 Å². The van der Waals surface area contributed by atoms with Gasteiger partial charge in [0.2, 0.25) is 0 Å². The Morgan fingerprint density at radius 1 is 0.297 bits per heavy atom. The zero-order chi connectivity index (χ0) is 61.4. The van der Waals surface area contributed by atoms with Crippen molar-refractivity contribution in [2.75, 3.05) is 9.80 Å². The summed E-state index contributed by atoms with van der Waals surface area (Å²) in [6.45, 7) is 18.5. The van der Waals surface area contributed by atoms with E-state index in [0.29, 0.717) is 0 Å². The zero-order valence-electron chi connectivity index (χ0n) is 52.5. The molecule has 91 heavy (non-hydrogen) atoms. The first kappa shape index (κ1) is 53.4.